The van der Waals surface area contributed by atoms with E-state index in [2.05, 4.69) is 5.32 Å². The lowest BCUT2D eigenvalue weighted by molar-refractivity contribution is -0.121. The standard InChI is InChI=1S/C20H22N2O3.ClH/c21-16-6-1-13(2-7-16)11-19(23)22-20(14-3-4-14)15-5-8-17-18(12-15)25-10-9-24-17;/h1-2,5-8,12,14,20H,3-4,9-11,21H2,(H,22,23);1H. The summed E-state index contributed by atoms with van der Waals surface area (Å²) in [5, 5.41) is 3.20. The monoisotopic (exact) mass is 374 g/mol. The smallest absolute Gasteiger partial charge is 0.224 e. The van der Waals surface area contributed by atoms with Crippen LogP contribution >= 0.6 is 12.4 Å². The highest BCUT2D eigenvalue weighted by atomic mass is 35.5. The average Bonchev–Trinajstić information content (AvgIpc) is 3.46. The van der Waals surface area contributed by atoms with E-state index in [0.29, 0.717) is 31.2 Å². The topological polar surface area (TPSA) is 73.6 Å². The molecule has 0 radical (unpaired) electrons. The summed E-state index contributed by atoms with van der Waals surface area (Å²) in [4.78, 5) is 12.5. The van der Waals surface area contributed by atoms with E-state index in [9.17, 15) is 4.79 Å². The molecule has 2 aliphatic rings. The van der Waals surface area contributed by atoms with Crippen LogP contribution in [0.3, 0.4) is 0 Å². The predicted octanol–water partition coefficient (Wildman–Crippen LogP) is 3.27. The van der Waals surface area contributed by atoms with E-state index in [1.807, 2.05) is 42.5 Å². The van der Waals surface area contributed by atoms with Crippen LogP contribution in [0.4, 0.5) is 5.69 Å². The van der Waals surface area contributed by atoms with Gasteiger partial charge >= 0.3 is 0 Å². The van der Waals surface area contributed by atoms with Gasteiger partial charge in [-0.2, -0.15) is 0 Å². The first-order valence-electron chi connectivity index (χ1n) is 8.72. The molecule has 4 rings (SSSR count). The fourth-order valence-electron chi connectivity index (χ4n) is 3.20. The number of nitrogens with one attached hydrogen (secondary N) is 1. The normalized spacial score (nSPS) is 16.3. The minimum Gasteiger partial charge on any atom is -0.486 e. The Bertz CT molecular complexity index is 775. The second-order valence-electron chi connectivity index (χ2n) is 6.70. The van der Waals surface area contributed by atoms with Crippen LogP contribution < -0.4 is 20.5 Å². The van der Waals surface area contributed by atoms with Crippen LogP contribution in [0.2, 0.25) is 0 Å². The number of benzene rings is 2. The molecule has 5 nitrogen and oxygen atoms in total. The van der Waals surface area contributed by atoms with Gasteiger partial charge in [0, 0.05) is 5.69 Å². The Labute approximate surface area is 159 Å². The van der Waals surface area contributed by atoms with Crippen molar-refractivity contribution < 1.29 is 14.3 Å². The summed E-state index contributed by atoms with van der Waals surface area (Å²) < 4.78 is 11.3. The van der Waals surface area contributed by atoms with Crippen molar-refractivity contribution in [3.8, 4) is 11.5 Å². The number of carbonyl (C=O) groups excluding carboxylic acids is 1. The number of amides is 1. The molecular formula is C20H23ClN2O3. The number of halogens is 1. The van der Waals surface area contributed by atoms with Gasteiger partial charge in [-0.25, -0.2) is 0 Å². The van der Waals surface area contributed by atoms with Crippen molar-refractivity contribution in [1.82, 2.24) is 5.32 Å². The van der Waals surface area contributed by atoms with Gasteiger partial charge in [-0.3, -0.25) is 4.79 Å². The molecule has 0 saturated heterocycles. The van der Waals surface area contributed by atoms with Crippen LogP contribution in [0.5, 0.6) is 11.5 Å². The van der Waals surface area contributed by atoms with Gasteiger partial charge in [0.1, 0.15) is 13.2 Å². The molecule has 0 aromatic heterocycles. The molecule has 1 amide bonds. The molecule has 2 aromatic rings. The second-order valence-corrected chi connectivity index (χ2v) is 6.70. The maximum Gasteiger partial charge on any atom is 0.224 e. The maximum atomic E-state index is 12.5. The lowest BCUT2D eigenvalue weighted by Crippen LogP contribution is -2.31. The molecule has 1 aliphatic heterocycles. The van der Waals surface area contributed by atoms with Gasteiger partial charge in [-0.05, 0) is 54.2 Å². The number of rotatable bonds is 5. The molecule has 1 aliphatic carbocycles. The van der Waals surface area contributed by atoms with Gasteiger partial charge in [0.05, 0.1) is 12.5 Å². The number of nitrogen functional groups attached to an aromatic ring is 1. The van der Waals surface area contributed by atoms with Crippen LogP contribution in [0.1, 0.15) is 30.0 Å². The SMILES string of the molecule is Cl.Nc1ccc(CC(=O)NC(c2ccc3c(c2)OCCO3)C2CC2)cc1. The Hall–Kier alpha value is -2.40. The van der Waals surface area contributed by atoms with Crippen molar-refractivity contribution in [3.63, 3.8) is 0 Å². The van der Waals surface area contributed by atoms with E-state index in [4.69, 9.17) is 15.2 Å². The van der Waals surface area contributed by atoms with Crippen molar-refractivity contribution in [3.05, 3.63) is 53.6 Å². The zero-order valence-corrected chi connectivity index (χ0v) is 15.3. The van der Waals surface area contributed by atoms with E-state index in [0.717, 1.165) is 35.5 Å². The van der Waals surface area contributed by atoms with E-state index in [1.165, 1.54) is 0 Å². The third-order valence-corrected chi connectivity index (χ3v) is 4.68. The van der Waals surface area contributed by atoms with Crippen LogP contribution in [0, 0.1) is 5.92 Å². The molecule has 1 saturated carbocycles. The number of anilines is 1. The molecule has 6 heteroatoms. The second kappa shape index (κ2) is 7.87. The molecule has 1 atom stereocenters. The fraction of sp³-hybridized carbons (Fsp3) is 0.350. The van der Waals surface area contributed by atoms with Gasteiger partial charge in [0.15, 0.2) is 11.5 Å². The first kappa shape index (κ1) is 18.4. The Kier molecular flexibility index (Phi) is 5.57. The molecule has 1 heterocycles. The number of nitrogens with two attached hydrogens (primary N) is 1. The zero-order chi connectivity index (χ0) is 17.2. The van der Waals surface area contributed by atoms with Gasteiger partial charge in [0.2, 0.25) is 5.91 Å². The lowest BCUT2D eigenvalue weighted by atomic mass is 10.0. The number of hydrogen-bond donors (Lipinski definition) is 2. The van der Waals surface area contributed by atoms with Crippen LogP contribution in [-0.4, -0.2) is 19.1 Å². The van der Waals surface area contributed by atoms with Gasteiger partial charge in [-0.15, -0.1) is 12.4 Å². The molecule has 3 N–H and O–H groups in total. The van der Waals surface area contributed by atoms with Crippen LogP contribution in [0.15, 0.2) is 42.5 Å². The number of ether oxygens (including phenoxy) is 2. The Balaban J connectivity index is 0.00000196. The maximum absolute atomic E-state index is 12.5. The Morgan fingerprint density at radius 2 is 1.77 bits per heavy atom. The first-order valence-corrected chi connectivity index (χ1v) is 8.72. The Morgan fingerprint density at radius 1 is 1.08 bits per heavy atom. The number of fused-ring (bicyclic) bond motifs is 1. The summed E-state index contributed by atoms with van der Waals surface area (Å²) in [6, 6.07) is 13.4. The average molecular weight is 375 g/mol. The largest absolute Gasteiger partial charge is 0.486 e. The van der Waals surface area contributed by atoms with Gasteiger partial charge in [-0.1, -0.05) is 18.2 Å². The van der Waals surface area contributed by atoms with Crippen molar-refractivity contribution in [2.45, 2.75) is 25.3 Å². The molecule has 2 aromatic carbocycles. The summed E-state index contributed by atoms with van der Waals surface area (Å²) in [5.41, 5.74) is 8.44. The van der Waals surface area contributed by atoms with Crippen LogP contribution in [0.25, 0.3) is 0 Å². The highest BCUT2D eigenvalue weighted by Crippen LogP contribution is 2.43. The van der Waals surface area contributed by atoms with E-state index in [1.54, 1.807) is 0 Å². The zero-order valence-electron chi connectivity index (χ0n) is 14.4. The Morgan fingerprint density at radius 3 is 2.46 bits per heavy atom. The summed E-state index contributed by atoms with van der Waals surface area (Å²) >= 11 is 0. The van der Waals surface area contributed by atoms with Crippen molar-refractivity contribution in [2.24, 2.45) is 5.92 Å². The predicted molar refractivity (Wildman–Crippen MR) is 103 cm³/mol. The summed E-state index contributed by atoms with van der Waals surface area (Å²) in [7, 11) is 0. The quantitative estimate of drug-likeness (QED) is 0.788. The lowest BCUT2D eigenvalue weighted by Gasteiger charge is -2.23. The minimum atomic E-state index is 0. The van der Waals surface area contributed by atoms with E-state index >= 15 is 0 Å². The molecule has 26 heavy (non-hydrogen) atoms. The molecular weight excluding hydrogens is 352 g/mol. The molecule has 0 spiro atoms. The van der Waals surface area contributed by atoms with Gasteiger partial charge < -0.3 is 20.5 Å². The third kappa shape index (κ3) is 4.22. The first-order chi connectivity index (χ1) is 12.2. The summed E-state index contributed by atoms with van der Waals surface area (Å²) in [5.74, 6) is 2.06. The summed E-state index contributed by atoms with van der Waals surface area (Å²) in [6.07, 6.45) is 2.64. The van der Waals surface area contributed by atoms with Crippen LogP contribution in [-0.2, 0) is 11.2 Å². The molecule has 0 bridgehead atoms. The van der Waals surface area contributed by atoms with E-state index < -0.39 is 0 Å². The molecule has 1 fully saturated rings. The third-order valence-electron chi connectivity index (χ3n) is 4.68. The highest BCUT2D eigenvalue weighted by molar-refractivity contribution is 5.85. The van der Waals surface area contributed by atoms with E-state index in [-0.39, 0.29) is 24.4 Å². The van der Waals surface area contributed by atoms with Gasteiger partial charge in [0.25, 0.3) is 0 Å². The molecule has 1 unspecified atom stereocenters. The summed E-state index contributed by atoms with van der Waals surface area (Å²) in [6.45, 7) is 1.14. The minimum absolute atomic E-state index is 0. The number of hydrogen-bond acceptors (Lipinski definition) is 4. The van der Waals surface area contributed by atoms with Crippen molar-refractivity contribution in [1.29, 1.82) is 0 Å². The highest BCUT2D eigenvalue weighted by Gasteiger charge is 2.34. The number of carbonyl (C=O) groups is 1. The molecule has 138 valence electrons. The van der Waals surface area contributed by atoms with Crippen molar-refractivity contribution >= 4 is 24.0 Å². The van der Waals surface area contributed by atoms with Crippen molar-refractivity contribution in [2.75, 3.05) is 18.9 Å². The fourth-order valence-corrected chi connectivity index (χ4v) is 3.20.